The van der Waals surface area contributed by atoms with E-state index in [2.05, 4.69) is 15.0 Å². The van der Waals surface area contributed by atoms with Gasteiger partial charge in [-0.05, 0) is 18.9 Å². The zero-order valence-electron chi connectivity index (χ0n) is 11.0. The Labute approximate surface area is 118 Å². The Hall–Kier alpha value is -1.49. The second-order valence-electron chi connectivity index (χ2n) is 4.88. The van der Waals surface area contributed by atoms with Crippen molar-refractivity contribution in [2.45, 2.75) is 38.1 Å². The normalized spacial score (nSPS) is 17.5. The number of halogens is 1. The number of nitrogens with two attached hydrogens (primary N) is 1. The predicted octanol–water partition coefficient (Wildman–Crippen LogP) is 2.60. The smallest absolute Gasteiger partial charge is 0.171 e. The fraction of sp³-hybridized carbons (Fsp3) is 0.538. The van der Waals surface area contributed by atoms with Crippen molar-refractivity contribution in [2.75, 3.05) is 11.9 Å². The molecule has 1 heterocycles. The van der Waals surface area contributed by atoms with Crippen LogP contribution >= 0.6 is 11.6 Å². The fourth-order valence-corrected chi connectivity index (χ4v) is 2.91. The second-order valence-corrected chi connectivity index (χ2v) is 5.26. The molecule has 1 aliphatic rings. The molecule has 2 rings (SSSR count). The van der Waals surface area contributed by atoms with Crippen LogP contribution in [0, 0.1) is 0 Å². The van der Waals surface area contributed by atoms with Crippen LogP contribution in [0.15, 0.2) is 17.4 Å². The minimum Gasteiger partial charge on any atom is -0.409 e. The highest BCUT2D eigenvalue weighted by molar-refractivity contribution is 6.36. The molecular formula is C13H19ClN4O. The van der Waals surface area contributed by atoms with Crippen LogP contribution in [-0.2, 0) is 0 Å². The molecule has 0 radical (unpaired) electrons. The third kappa shape index (κ3) is 2.92. The topological polar surface area (TPSA) is 74.7 Å². The molecular weight excluding hydrogens is 264 g/mol. The molecule has 0 aromatic carbocycles. The second kappa shape index (κ2) is 6.10. The molecule has 1 fully saturated rings. The van der Waals surface area contributed by atoms with Crippen LogP contribution in [-0.4, -0.2) is 29.1 Å². The van der Waals surface area contributed by atoms with Crippen molar-refractivity contribution in [1.82, 2.24) is 4.98 Å². The highest BCUT2D eigenvalue weighted by Crippen LogP contribution is 2.31. The van der Waals surface area contributed by atoms with Crippen LogP contribution in [0.25, 0.3) is 0 Å². The van der Waals surface area contributed by atoms with Crippen molar-refractivity contribution in [3.63, 3.8) is 0 Å². The number of oxime groups is 1. The summed E-state index contributed by atoms with van der Waals surface area (Å²) < 4.78 is 0. The van der Waals surface area contributed by atoms with E-state index in [9.17, 15) is 0 Å². The fourth-order valence-electron chi connectivity index (χ4n) is 2.57. The summed E-state index contributed by atoms with van der Waals surface area (Å²) in [6.45, 7) is 0. The van der Waals surface area contributed by atoms with Gasteiger partial charge in [-0.2, -0.15) is 0 Å². The first-order valence-electron chi connectivity index (χ1n) is 6.50. The lowest BCUT2D eigenvalue weighted by Gasteiger charge is -2.32. The number of nitrogens with zero attached hydrogens (tertiary/aromatic N) is 3. The van der Waals surface area contributed by atoms with Crippen LogP contribution < -0.4 is 10.6 Å². The summed E-state index contributed by atoms with van der Waals surface area (Å²) in [5.41, 5.74) is 6.12. The molecule has 1 aromatic heterocycles. The third-order valence-electron chi connectivity index (χ3n) is 3.71. The van der Waals surface area contributed by atoms with E-state index in [0.717, 1.165) is 12.8 Å². The molecule has 0 bridgehead atoms. The van der Waals surface area contributed by atoms with E-state index < -0.39 is 0 Å². The summed E-state index contributed by atoms with van der Waals surface area (Å²) in [6.07, 6.45) is 7.73. The Bertz CT molecular complexity index is 472. The monoisotopic (exact) mass is 282 g/mol. The minimum absolute atomic E-state index is 0.00527. The molecule has 104 valence electrons. The Morgan fingerprint density at radius 3 is 2.79 bits per heavy atom. The molecule has 1 aromatic rings. The minimum atomic E-state index is 0.00527. The van der Waals surface area contributed by atoms with Crippen LogP contribution in [0.4, 0.5) is 5.82 Å². The van der Waals surface area contributed by atoms with Gasteiger partial charge in [0.2, 0.25) is 0 Å². The van der Waals surface area contributed by atoms with Gasteiger partial charge in [-0.25, -0.2) is 4.98 Å². The van der Waals surface area contributed by atoms with Crippen molar-refractivity contribution >= 4 is 23.3 Å². The summed E-state index contributed by atoms with van der Waals surface area (Å²) in [5.74, 6) is 0.698. The lowest BCUT2D eigenvalue weighted by Crippen LogP contribution is -2.34. The van der Waals surface area contributed by atoms with Crippen molar-refractivity contribution in [1.29, 1.82) is 0 Å². The highest BCUT2D eigenvalue weighted by atomic mass is 35.5. The summed E-state index contributed by atoms with van der Waals surface area (Å²) >= 11 is 6.32. The van der Waals surface area contributed by atoms with Gasteiger partial charge in [-0.1, -0.05) is 36.0 Å². The molecule has 1 aliphatic carbocycles. The average molecular weight is 283 g/mol. The largest absolute Gasteiger partial charge is 0.409 e. The molecule has 0 spiro atoms. The van der Waals surface area contributed by atoms with Crippen LogP contribution in [0.2, 0.25) is 5.02 Å². The van der Waals surface area contributed by atoms with Crippen LogP contribution in [0.5, 0.6) is 0 Å². The summed E-state index contributed by atoms with van der Waals surface area (Å²) in [7, 11) is 2.00. The first-order chi connectivity index (χ1) is 9.15. The van der Waals surface area contributed by atoms with Crippen LogP contribution in [0.3, 0.4) is 0 Å². The molecule has 0 atom stereocenters. The van der Waals surface area contributed by atoms with Gasteiger partial charge >= 0.3 is 0 Å². The van der Waals surface area contributed by atoms with E-state index in [4.69, 9.17) is 22.5 Å². The number of rotatable bonds is 3. The van der Waals surface area contributed by atoms with Gasteiger partial charge in [0.1, 0.15) is 5.82 Å². The van der Waals surface area contributed by atoms with E-state index in [0.29, 0.717) is 22.4 Å². The molecule has 5 nitrogen and oxygen atoms in total. The number of hydrogen-bond acceptors (Lipinski definition) is 4. The number of aromatic nitrogens is 1. The Kier molecular flexibility index (Phi) is 4.47. The molecule has 3 N–H and O–H groups in total. The summed E-state index contributed by atoms with van der Waals surface area (Å²) in [4.78, 5) is 6.44. The maximum Gasteiger partial charge on any atom is 0.171 e. The quantitative estimate of drug-likeness (QED) is 0.387. The molecule has 1 saturated carbocycles. The van der Waals surface area contributed by atoms with Crippen molar-refractivity contribution in [3.8, 4) is 0 Å². The Balaban J connectivity index is 2.29. The average Bonchev–Trinajstić information content (AvgIpc) is 2.47. The van der Waals surface area contributed by atoms with Crippen molar-refractivity contribution < 1.29 is 5.21 Å². The molecule has 0 aliphatic heterocycles. The summed E-state index contributed by atoms with van der Waals surface area (Å²) in [5, 5.41) is 12.2. The molecule has 0 amide bonds. The van der Waals surface area contributed by atoms with Crippen LogP contribution in [0.1, 0.15) is 37.7 Å². The molecule has 0 unspecified atom stereocenters. The first kappa shape index (κ1) is 13.9. The zero-order chi connectivity index (χ0) is 13.8. The van der Waals surface area contributed by atoms with Gasteiger partial charge in [-0.3, -0.25) is 0 Å². The van der Waals surface area contributed by atoms with E-state index in [1.807, 2.05) is 7.05 Å². The number of pyridine rings is 1. The molecule has 19 heavy (non-hydrogen) atoms. The highest BCUT2D eigenvalue weighted by Gasteiger charge is 2.22. The Morgan fingerprint density at radius 2 is 2.16 bits per heavy atom. The van der Waals surface area contributed by atoms with Crippen molar-refractivity contribution in [2.24, 2.45) is 10.9 Å². The summed E-state index contributed by atoms with van der Waals surface area (Å²) in [6, 6.07) is 2.11. The SMILES string of the molecule is CN(c1nccc(/C(N)=N/O)c1Cl)C1CCCCC1. The van der Waals surface area contributed by atoms with E-state index in [1.54, 1.807) is 12.3 Å². The van der Waals surface area contributed by atoms with E-state index in [1.165, 1.54) is 19.3 Å². The number of hydrogen-bond donors (Lipinski definition) is 2. The zero-order valence-corrected chi connectivity index (χ0v) is 11.8. The van der Waals surface area contributed by atoms with E-state index in [-0.39, 0.29) is 5.84 Å². The maximum absolute atomic E-state index is 8.76. The van der Waals surface area contributed by atoms with Gasteiger partial charge in [0, 0.05) is 24.8 Å². The lowest BCUT2D eigenvalue weighted by atomic mass is 9.94. The molecule has 6 heteroatoms. The van der Waals surface area contributed by atoms with E-state index >= 15 is 0 Å². The van der Waals surface area contributed by atoms with Gasteiger partial charge in [-0.15, -0.1) is 0 Å². The standard InChI is InChI=1S/C13H19ClN4O/c1-18(9-5-3-2-4-6-9)13-11(14)10(7-8-16-13)12(15)17-19/h7-9,19H,2-6H2,1H3,(H2,15,17). The lowest BCUT2D eigenvalue weighted by molar-refractivity contribution is 0.318. The molecule has 0 saturated heterocycles. The number of anilines is 1. The third-order valence-corrected chi connectivity index (χ3v) is 4.08. The van der Waals surface area contributed by atoms with Gasteiger partial charge in [0.05, 0.1) is 5.02 Å². The van der Waals surface area contributed by atoms with Gasteiger partial charge < -0.3 is 15.8 Å². The first-order valence-corrected chi connectivity index (χ1v) is 6.88. The maximum atomic E-state index is 8.76. The predicted molar refractivity (Wildman–Crippen MR) is 77.0 cm³/mol. The Morgan fingerprint density at radius 1 is 1.47 bits per heavy atom. The van der Waals surface area contributed by atoms with Gasteiger partial charge in [0.25, 0.3) is 0 Å². The van der Waals surface area contributed by atoms with Gasteiger partial charge in [0.15, 0.2) is 5.84 Å². The number of amidine groups is 1. The van der Waals surface area contributed by atoms with Crippen molar-refractivity contribution in [3.05, 3.63) is 22.8 Å².